The molecule has 23 heavy (non-hydrogen) atoms. The van der Waals surface area contributed by atoms with E-state index >= 15 is 0 Å². The summed E-state index contributed by atoms with van der Waals surface area (Å²) >= 11 is 1.43. The standard InChI is InChI=1S/C17H23N3O2S/c1-12-5-6-15(9-13(12)2)20-8-7-18-17(20)23-11-16(21)19-14(3)10-22-4/h5-9,14H,10-11H2,1-4H3,(H,19,21). The van der Waals surface area contributed by atoms with Crippen LogP contribution in [0.4, 0.5) is 0 Å². The molecule has 0 aliphatic rings. The normalized spacial score (nSPS) is 12.2. The molecular weight excluding hydrogens is 310 g/mol. The molecule has 2 aromatic rings. The molecule has 0 aliphatic carbocycles. The minimum atomic E-state index is -0.0193. The van der Waals surface area contributed by atoms with E-state index in [1.54, 1.807) is 13.3 Å². The Hall–Kier alpha value is -1.79. The van der Waals surface area contributed by atoms with Gasteiger partial charge in [0.15, 0.2) is 5.16 Å². The summed E-state index contributed by atoms with van der Waals surface area (Å²) in [6, 6.07) is 6.29. The third-order valence-electron chi connectivity index (χ3n) is 3.53. The SMILES string of the molecule is COCC(C)NC(=O)CSc1nccn1-c1ccc(C)c(C)c1. The lowest BCUT2D eigenvalue weighted by Gasteiger charge is -2.13. The molecular formula is C17H23N3O2S. The molecule has 0 bridgehead atoms. The predicted octanol–water partition coefficient (Wildman–Crippen LogP) is 2.73. The van der Waals surface area contributed by atoms with Crippen LogP contribution in [0.1, 0.15) is 18.1 Å². The van der Waals surface area contributed by atoms with E-state index in [0.717, 1.165) is 10.8 Å². The maximum Gasteiger partial charge on any atom is 0.230 e. The number of ether oxygens (including phenoxy) is 1. The molecule has 0 saturated carbocycles. The van der Waals surface area contributed by atoms with Crippen LogP contribution >= 0.6 is 11.8 Å². The van der Waals surface area contributed by atoms with Crippen LogP contribution in [0.25, 0.3) is 5.69 Å². The number of methoxy groups -OCH3 is 1. The van der Waals surface area contributed by atoms with E-state index in [-0.39, 0.29) is 11.9 Å². The molecule has 1 heterocycles. The number of hydrogen-bond acceptors (Lipinski definition) is 4. The quantitative estimate of drug-likeness (QED) is 0.792. The third kappa shape index (κ3) is 4.84. The molecule has 0 saturated heterocycles. The summed E-state index contributed by atoms with van der Waals surface area (Å²) in [5.41, 5.74) is 3.55. The van der Waals surface area contributed by atoms with E-state index in [4.69, 9.17) is 4.74 Å². The van der Waals surface area contributed by atoms with Crippen molar-refractivity contribution in [2.75, 3.05) is 19.5 Å². The molecule has 1 atom stereocenters. The van der Waals surface area contributed by atoms with Crippen LogP contribution in [0.2, 0.25) is 0 Å². The van der Waals surface area contributed by atoms with Crippen molar-refractivity contribution in [2.45, 2.75) is 32.0 Å². The smallest absolute Gasteiger partial charge is 0.230 e. The number of nitrogens with one attached hydrogen (secondary N) is 1. The molecule has 1 amide bonds. The zero-order valence-electron chi connectivity index (χ0n) is 14.0. The number of carbonyl (C=O) groups excluding carboxylic acids is 1. The van der Waals surface area contributed by atoms with E-state index < -0.39 is 0 Å². The molecule has 1 unspecified atom stereocenters. The summed E-state index contributed by atoms with van der Waals surface area (Å²) in [4.78, 5) is 16.3. The summed E-state index contributed by atoms with van der Waals surface area (Å²) in [5, 5.41) is 3.71. The van der Waals surface area contributed by atoms with Crippen LogP contribution in [0.3, 0.4) is 0 Å². The molecule has 124 valence electrons. The van der Waals surface area contributed by atoms with Crippen LogP contribution < -0.4 is 5.32 Å². The molecule has 2 rings (SSSR count). The first-order valence-electron chi connectivity index (χ1n) is 7.53. The topological polar surface area (TPSA) is 56.1 Å². The summed E-state index contributed by atoms with van der Waals surface area (Å²) in [6.45, 7) is 6.61. The minimum absolute atomic E-state index is 0.00703. The second-order valence-electron chi connectivity index (χ2n) is 5.56. The van der Waals surface area contributed by atoms with Gasteiger partial charge in [-0.1, -0.05) is 17.8 Å². The van der Waals surface area contributed by atoms with Crippen molar-refractivity contribution in [1.29, 1.82) is 0 Å². The van der Waals surface area contributed by atoms with Gasteiger partial charge in [-0.05, 0) is 44.0 Å². The van der Waals surface area contributed by atoms with E-state index in [9.17, 15) is 4.79 Å². The number of amides is 1. The largest absolute Gasteiger partial charge is 0.383 e. The van der Waals surface area contributed by atoms with Gasteiger partial charge in [-0.3, -0.25) is 9.36 Å². The Morgan fingerprint density at radius 3 is 2.87 bits per heavy atom. The highest BCUT2D eigenvalue weighted by atomic mass is 32.2. The lowest BCUT2D eigenvalue weighted by atomic mass is 10.1. The Labute approximate surface area is 141 Å². The van der Waals surface area contributed by atoms with Crippen LogP contribution in [-0.2, 0) is 9.53 Å². The highest BCUT2D eigenvalue weighted by Crippen LogP contribution is 2.22. The number of carbonyl (C=O) groups is 1. The first kappa shape index (κ1) is 17.6. The molecule has 6 heteroatoms. The number of hydrogen-bond donors (Lipinski definition) is 1. The van der Waals surface area contributed by atoms with Crippen LogP contribution in [0, 0.1) is 13.8 Å². The first-order valence-corrected chi connectivity index (χ1v) is 8.52. The lowest BCUT2D eigenvalue weighted by Crippen LogP contribution is -2.36. The summed E-state index contributed by atoms with van der Waals surface area (Å²) in [7, 11) is 1.62. The first-order chi connectivity index (χ1) is 11.0. The highest BCUT2D eigenvalue weighted by Gasteiger charge is 2.11. The molecule has 0 spiro atoms. The zero-order chi connectivity index (χ0) is 16.8. The van der Waals surface area contributed by atoms with Gasteiger partial charge < -0.3 is 10.1 Å². The van der Waals surface area contributed by atoms with E-state index in [1.807, 2.05) is 17.7 Å². The third-order valence-corrected chi connectivity index (χ3v) is 4.50. The average Bonchev–Trinajstić information content (AvgIpc) is 2.96. The summed E-state index contributed by atoms with van der Waals surface area (Å²) < 4.78 is 7.02. The Kier molecular flexibility index (Phi) is 6.24. The van der Waals surface area contributed by atoms with Crippen molar-refractivity contribution >= 4 is 17.7 Å². The van der Waals surface area contributed by atoms with Crippen molar-refractivity contribution in [3.63, 3.8) is 0 Å². The second kappa shape index (κ2) is 8.17. The Bertz CT molecular complexity index is 670. The van der Waals surface area contributed by atoms with Gasteiger partial charge in [-0.25, -0.2) is 4.98 Å². The monoisotopic (exact) mass is 333 g/mol. The van der Waals surface area contributed by atoms with E-state index in [1.165, 1.54) is 22.9 Å². The fourth-order valence-electron chi connectivity index (χ4n) is 2.21. The minimum Gasteiger partial charge on any atom is -0.383 e. The number of thioether (sulfide) groups is 1. The number of aromatic nitrogens is 2. The number of benzene rings is 1. The Balaban J connectivity index is 2.01. The van der Waals surface area contributed by atoms with Gasteiger partial charge in [-0.2, -0.15) is 0 Å². The Morgan fingerprint density at radius 2 is 2.17 bits per heavy atom. The number of nitrogens with zero attached hydrogens (tertiary/aromatic N) is 2. The van der Waals surface area contributed by atoms with Gasteiger partial charge in [-0.15, -0.1) is 0 Å². The molecule has 1 aromatic carbocycles. The maximum absolute atomic E-state index is 11.9. The molecule has 0 fully saturated rings. The van der Waals surface area contributed by atoms with Gasteiger partial charge >= 0.3 is 0 Å². The number of aryl methyl sites for hydroxylation is 2. The van der Waals surface area contributed by atoms with Gasteiger partial charge in [0, 0.05) is 31.2 Å². The number of imidazole rings is 1. The van der Waals surface area contributed by atoms with Crippen molar-refractivity contribution in [1.82, 2.24) is 14.9 Å². The average molecular weight is 333 g/mol. The summed E-state index contributed by atoms with van der Waals surface area (Å²) in [5.74, 6) is 0.310. The van der Waals surface area contributed by atoms with Crippen molar-refractivity contribution in [3.05, 3.63) is 41.7 Å². The number of rotatable bonds is 7. The molecule has 0 aliphatic heterocycles. The van der Waals surface area contributed by atoms with Gasteiger partial charge in [0.25, 0.3) is 0 Å². The molecule has 1 N–H and O–H groups in total. The summed E-state index contributed by atoms with van der Waals surface area (Å²) in [6.07, 6.45) is 3.67. The van der Waals surface area contributed by atoms with Crippen molar-refractivity contribution in [2.24, 2.45) is 0 Å². The van der Waals surface area contributed by atoms with Gasteiger partial charge in [0.2, 0.25) is 5.91 Å². The zero-order valence-corrected chi connectivity index (χ0v) is 14.8. The highest BCUT2D eigenvalue weighted by molar-refractivity contribution is 7.99. The van der Waals surface area contributed by atoms with Crippen LogP contribution in [0.5, 0.6) is 0 Å². The second-order valence-corrected chi connectivity index (χ2v) is 6.50. The van der Waals surface area contributed by atoms with E-state index in [0.29, 0.717) is 12.4 Å². The molecule has 0 radical (unpaired) electrons. The lowest BCUT2D eigenvalue weighted by molar-refractivity contribution is -0.119. The Morgan fingerprint density at radius 1 is 1.39 bits per heavy atom. The van der Waals surface area contributed by atoms with Crippen LogP contribution in [-0.4, -0.2) is 41.0 Å². The fraction of sp³-hybridized carbons (Fsp3) is 0.412. The van der Waals surface area contributed by atoms with E-state index in [2.05, 4.69) is 42.3 Å². The van der Waals surface area contributed by atoms with Gasteiger partial charge in [0.05, 0.1) is 12.4 Å². The molecule has 1 aromatic heterocycles. The van der Waals surface area contributed by atoms with Crippen LogP contribution in [0.15, 0.2) is 35.7 Å². The fourth-order valence-corrected chi connectivity index (χ4v) is 2.99. The maximum atomic E-state index is 11.9. The molecule has 5 nitrogen and oxygen atoms in total. The van der Waals surface area contributed by atoms with Gasteiger partial charge in [0.1, 0.15) is 0 Å². The van der Waals surface area contributed by atoms with Crippen molar-refractivity contribution in [3.8, 4) is 5.69 Å². The predicted molar refractivity (Wildman–Crippen MR) is 93.2 cm³/mol. The van der Waals surface area contributed by atoms with Crippen molar-refractivity contribution < 1.29 is 9.53 Å².